The van der Waals surface area contributed by atoms with E-state index >= 15 is 0 Å². The molecule has 0 spiro atoms. The largest absolute Gasteiger partial charge is 0.436 e. The average Bonchev–Trinajstić information content (AvgIpc) is 3.29. The zero-order chi connectivity index (χ0) is 14.8. The normalized spacial score (nSPS) is 14.0. The number of hydrogen-bond donors (Lipinski definition) is 1. The van der Waals surface area contributed by atoms with Crippen molar-refractivity contribution in [2.45, 2.75) is 25.7 Å². The second-order valence-corrected chi connectivity index (χ2v) is 5.32. The van der Waals surface area contributed by atoms with Crippen molar-refractivity contribution < 1.29 is 9.13 Å². The molecule has 1 saturated carbocycles. The quantitative estimate of drug-likeness (QED) is 0.891. The van der Waals surface area contributed by atoms with E-state index in [0.29, 0.717) is 17.6 Å². The second-order valence-electron chi connectivity index (χ2n) is 4.91. The fourth-order valence-corrected chi connectivity index (χ4v) is 2.13. The third kappa shape index (κ3) is 3.24. The van der Waals surface area contributed by atoms with Gasteiger partial charge in [0.2, 0.25) is 5.88 Å². The van der Waals surface area contributed by atoms with Gasteiger partial charge in [0.15, 0.2) is 11.6 Å². The van der Waals surface area contributed by atoms with Gasteiger partial charge in [0, 0.05) is 18.5 Å². The lowest BCUT2D eigenvalue weighted by Crippen LogP contribution is -2.04. The van der Waals surface area contributed by atoms with Gasteiger partial charge in [0.1, 0.15) is 11.6 Å². The molecule has 0 bridgehead atoms. The van der Waals surface area contributed by atoms with Crippen LogP contribution in [0.2, 0.25) is 5.02 Å². The lowest BCUT2D eigenvalue weighted by Gasteiger charge is -2.10. The Morgan fingerprint density at radius 3 is 2.90 bits per heavy atom. The van der Waals surface area contributed by atoms with E-state index in [1.165, 1.54) is 12.1 Å². The van der Waals surface area contributed by atoms with E-state index in [1.807, 2.05) is 6.92 Å². The van der Waals surface area contributed by atoms with E-state index in [2.05, 4.69) is 15.3 Å². The van der Waals surface area contributed by atoms with Crippen LogP contribution in [-0.4, -0.2) is 16.5 Å². The first-order valence-corrected chi connectivity index (χ1v) is 7.30. The Labute approximate surface area is 127 Å². The maximum Gasteiger partial charge on any atom is 0.224 e. The molecule has 0 radical (unpaired) electrons. The van der Waals surface area contributed by atoms with Gasteiger partial charge in [-0.05, 0) is 31.9 Å². The molecule has 1 heterocycles. The molecule has 0 atom stereocenters. The summed E-state index contributed by atoms with van der Waals surface area (Å²) in [5.41, 5.74) is 0. The van der Waals surface area contributed by atoms with Crippen LogP contribution in [0.1, 0.15) is 31.5 Å². The summed E-state index contributed by atoms with van der Waals surface area (Å²) in [5, 5.41) is 3.16. The Kier molecular flexibility index (Phi) is 3.92. The molecule has 0 unspecified atom stereocenters. The first kappa shape index (κ1) is 14.1. The zero-order valence-corrected chi connectivity index (χ0v) is 12.3. The third-order valence-corrected chi connectivity index (χ3v) is 3.44. The van der Waals surface area contributed by atoms with Gasteiger partial charge < -0.3 is 10.1 Å². The van der Waals surface area contributed by atoms with Crippen molar-refractivity contribution in [3.8, 4) is 11.6 Å². The van der Waals surface area contributed by atoms with Crippen molar-refractivity contribution >= 4 is 17.4 Å². The van der Waals surface area contributed by atoms with E-state index in [0.717, 1.165) is 25.2 Å². The molecule has 1 N–H and O–H groups in total. The number of ether oxygens (including phenoxy) is 1. The molecule has 1 aromatic heterocycles. The number of anilines is 1. The average molecular weight is 308 g/mol. The van der Waals surface area contributed by atoms with Gasteiger partial charge in [-0.3, -0.25) is 0 Å². The molecular formula is C15H15ClFN3O. The molecule has 2 aromatic rings. The molecule has 110 valence electrons. The predicted octanol–water partition coefficient (Wildman–Crippen LogP) is 4.37. The van der Waals surface area contributed by atoms with Crippen LogP contribution in [0.3, 0.4) is 0 Å². The summed E-state index contributed by atoms with van der Waals surface area (Å²) >= 11 is 5.75. The summed E-state index contributed by atoms with van der Waals surface area (Å²) in [6.07, 6.45) is 2.17. The maximum atomic E-state index is 13.9. The molecule has 4 nitrogen and oxygen atoms in total. The zero-order valence-electron chi connectivity index (χ0n) is 11.6. The minimum absolute atomic E-state index is 0.0240. The van der Waals surface area contributed by atoms with Crippen LogP contribution in [-0.2, 0) is 0 Å². The number of halogens is 2. The number of hydrogen-bond acceptors (Lipinski definition) is 4. The Hall–Kier alpha value is -1.88. The number of benzene rings is 1. The Morgan fingerprint density at radius 1 is 1.38 bits per heavy atom. The van der Waals surface area contributed by atoms with Gasteiger partial charge in [-0.1, -0.05) is 17.7 Å². The molecule has 1 aliphatic rings. The van der Waals surface area contributed by atoms with E-state index in [1.54, 1.807) is 12.1 Å². The summed E-state index contributed by atoms with van der Waals surface area (Å²) in [5.74, 6) is 1.61. The van der Waals surface area contributed by atoms with Crippen molar-refractivity contribution in [3.05, 3.63) is 40.9 Å². The van der Waals surface area contributed by atoms with Crippen LogP contribution in [0.25, 0.3) is 0 Å². The van der Waals surface area contributed by atoms with Gasteiger partial charge in [-0.15, -0.1) is 0 Å². The lowest BCUT2D eigenvalue weighted by molar-refractivity contribution is 0.425. The minimum atomic E-state index is -0.587. The SMILES string of the molecule is CCNc1cc(Oc2cccc(Cl)c2F)nc(C2CC2)n1. The third-order valence-electron chi connectivity index (χ3n) is 3.15. The highest BCUT2D eigenvalue weighted by molar-refractivity contribution is 6.30. The molecule has 6 heteroatoms. The Balaban J connectivity index is 1.91. The van der Waals surface area contributed by atoms with Crippen LogP contribution in [0.5, 0.6) is 11.6 Å². The van der Waals surface area contributed by atoms with Crippen LogP contribution in [0.4, 0.5) is 10.2 Å². The van der Waals surface area contributed by atoms with Gasteiger partial charge in [0.05, 0.1) is 5.02 Å². The molecule has 0 saturated heterocycles. The van der Waals surface area contributed by atoms with Crippen LogP contribution in [0.15, 0.2) is 24.3 Å². The molecule has 0 amide bonds. The first-order valence-electron chi connectivity index (χ1n) is 6.92. The Bertz CT molecular complexity index is 661. The van der Waals surface area contributed by atoms with E-state index in [9.17, 15) is 4.39 Å². The predicted molar refractivity (Wildman–Crippen MR) is 79.7 cm³/mol. The van der Waals surface area contributed by atoms with E-state index in [-0.39, 0.29) is 10.8 Å². The number of nitrogens with one attached hydrogen (secondary N) is 1. The topological polar surface area (TPSA) is 47.0 Å². The lowest BCUT2D eigenvalue weighted by atomic mass is 10.3. The summed E-state index contributed by atoms with van der Waals surface area (Å²) < 4.78 is 19.4. The fourth-order valence-electron chi connectivity index (χ4n) is 1.97. The fraction of sp³-hybridized carbons (Fsp3) is 0.333. The van der Waals surface area contributed by atoms with Crippen LogP contribution in [0, 0.1) is 5.82 Å². The maximum absolute atomic E-state index is 13.9. The molecule has 0 aliphatic heterocycles. The van der Waals surface area contributed by atoms with Crippen molar-refractivity contribution in [1.82, 2.24) is 9.97 Å². The summed E-state index contributed by atoms with van der Waals surface area (Å²) in [6.45, 7) is 2.72. The van der Waals surface area contributed by atoms with E-state index < -0.39 is 5.82 Å². The molecule has 1 fully saturated rings. The van der Waals surface area contributed by atoms with Crippen molar-refractivity contribution in [3.63, 3.8) is 0 Å². The number of nitrogens with zero attached hydrogens (tertiary/aromatic N) is 2. The van der Waals surface area contributed by atoms with Crippen molar-refractivity contribution in [1.29, 1.82) is 0 Å². The smallest absolute Gasteiger partial charge is 0.224 e. The molecular weight excluding hydrogens is 293 g/mol. The summed E-state index contributed by atoms with van der Waals surface area (Å²) in [4.78, 5) is 8.81. The number of rotatable bonds is 5. The first-order chi connectivity index (χ1) is 10.2. The van der Waals surface area contributed by atoms with Gasteiger partial charge in [-0.2, -0.15) is 4.98 Å². The second kappa shape index (κ2) is 5.85. The van der Waals surface area contributed by atoms with E-state index in [4.69, 9.17) is 16.3 Å². The highest BCUT2D eigenvalue weighted by Gasteiger charge is 2.27. The monoisotopic (exact) mass is 307 g/mol. The summed E-state index contributed by atoms with van der Waals surface area (Å²) in [7, 11) is 0. The van der Waals surface area contributed by atoms with Gasteiger partial charge in [0.25, 0.3) is 0 Å². The highest BCUT2D eigenvalue weighted by atomic mass is 35.5. The van der Waals surface area contributed by atoms with Crippen molar-refractivity contribution in [2.75, 3.05) is 11.9 Å². The van der Waals surface area contributed by atoms with Gasteiger partial charge in [-0.25, -0.2) is 9.37 Å². The van der Waals surface area contributed by atoms with Crippen LogP contribution < -0.4 is 10.1 Å². The molecule has 21 heavy (non-hydrogen) atoms. The minimum Gasteiger partial charge on any atom is -0.436 e. The Morgan fingerprint density at radius 2 is 2.19 bits per heavy atom. The van der Waals surface area contributed by atoms with Crippen molar-refractivity contribution in [2.24, 2.45) is 0 Å². The molecule has 3 rings (SSSR count). The van der Waals surface area contributed by atoms with Crippen LogP contribution >= 0.6 is 11.6 Å². The highest BCUT2D eigenvalue weighted by Crippen LogP contribution is 2.39. The van der Waals surface area contributed by atoms with Gasteiger partial charge >= 0.3 is 0 Å². The number of aromatic nitrogens is 2. The molecule has 1 aromatic carbocycles. The standard InChI is InChI=1S/C15H15ClFN3O/c1-2-18-12-8-13(20-15(19-12)9-6-7-9)21-11-5-3-4-10(16)14(11)17/h3-5,8-9H,2,6-7H2,1H3,(H,18,19,20). The summed E-state index contributed by atoms with van der Waals surface area (Å²) in [6, 6.07) is 6.29. The molecule has 1 aliphatic carbocycles.